The molecule has 0 unspecified atom stereocenters. The van der Waals surface area contributed by atoms with E-state index in [4.69, 9.17) is 0 Å². The van der Waals surface area contributed by atoms with E-state index in [1.165, 1.54) is 16.7 Å². The van der Waals surface area contributed by atoms with Crippen molar-refractivity contribution in [1.82, 2.24) is 4.57 Å². The molecule has 1 heterocycles. The van der Waals surface area contributed by atoms with Crippen LogP contribution in [0, 0.1) is 12.7 Å². The molecule has 0 aliphatic heterocycles. The first-order chi connectivity index (χ1) is 11.3. The van der Waals surface area contributed by atoms with Crippen molar-refractivity contribution in [2.45, 2.75) is 13.5 Å². The fourth-order valence-electron chi connectivity index (χ4n) is 3.06. The Labute approximate surface area is 137 Å². The number of carboxylic acid groups (broad SMARTS) is 1. The zero-order chi connectivity index (χ0) is 17.6. The van der Waals surface area contributed by atoms with Crippen molar-refractivity contribution in [3.63, 3.8) is 0 Å². The van der Waals surface area contributed by atoms with E-state index >= 15 is 0 Å². The van der Waals surface area contributed by atoms with Gasteiger partial charge in [-0.2, -0.15) is 0 Å². The highest BCUT2D eigenvalue weighted by Crippen LogP contribution is 2.30. The zero-order valence-corrected chi connectivity index (χ0v) is 13.6. The van der Waals surface area contributed by atoms with Crippen LogP contribution in [0.5, 0.6) is 0 Å². The highest BCUT2D eigenvalue weighted by Gasteiger charge is 2.19. The van der Waals surface area contributed by atoms with E-state index in [0.717, 1.165) is 5.56 Å². The lowest BCUT2D eigenvalue weighted by molar-refractivity contribution is -0.137. The minimum absolute atomic E-state index is 0.203. The van der Waals surface area contributed by atoms with Crippen LogP contribution in [0.1, 0.15) is 5.56 Å². The van der Waals surface area contributed by atoms with E-state index in [2.05, 4.69) is 0 Å². The first kappa shape index (κ1) is 16.0. The third-order valence-corrected chi connectivity index (χ3v) is 4.05. The summed E-state index contributed by atoms with van der Waals surface area (Å²) in [6.07, 6.45) is 0. The van der Waals surface area contributed by atoms with Gasteiger partial charge in [0.05, 0.1) is 16.7 Å². The molecule has 0 amide bonds. The number of aromatic nitrogens is 1. The molecule has 2 aromatic carbocycles. The summed E-state index contributed by atoms with van der Waals surface area (Å²) in [5, 5.41) is 10.0. The molecule has 1 aromatic heterocycles. The van der Waals surface area contributed by atoms with Crippen LogP contribution in [0.3, 0.4) is 0 Å². The van der Waals surface area contributed by atoms with Crippen molar-refractivity contribution >= 4 is 33.5 Å². The maximum absolute atomic E-state index is 14.4. The molecule has 0 saturated heterocycles. The maximum Gasteiger partial charge on any atom is 0.323 e. The maximum atomic E-state index is 14.4. The summed E-state index contributed by atoms with van der Waals surface area (Å²) in [5.74, 6) is -1.56. The van der Waals surface area contributed by atoms with Crippen LogP contribution in [-0.4, -0.2) is 29.7 Å². The van der Waals surface area contributed by atoms with Crippen molar-refractivity contribution in [3.8, 4) is 0 Å². The molecule has 124 valence electrons. The van der Waals surface area contributed by atoms with Gasteiger partial charge in [-0.3, -0.25) is 9.59 Å². The van der Waals surface area contributed by atoms with Crippen LogP contribution in [0.4, 0.5) is 10.1 Å². The summed E-state index contributed by atoms with van der Waals surface area (Å²) in [6, 6.07) is 7.89. The third kappa shape index (κ3) is 2.40. The molecule has 3 aromatic rings. The Hall–Kier alpha value is -2.89. The van der Waals surface area contributed by atoms with Gasteiger partial charge in [0.2, 0.25) is 0 Å². The van der Waals surface area contributed by atoms with Gasteiger partial charge in [0.25, 0.3) is 0 Å². The second-order valence-corrected chi connectivity index (χ2v) is 6.02. The molecule has 0 spiro atoms. The van der Waals surface area contributed by atoms with Gasteiger partial charge >= 0.3 is 5.97 Å². The van der Waals surface area contributed by atoms with Crippen molar-refractivity contribution < 1.29 is 14.3 Å². The number of benzene rings is 2. The number of hydrogen-bond acceptors (Lipinski definition) is 3. The van der Waals surface area contributed by atoms with Crippen molar-refractivity contribution in [2.24, 2.45) is 0 Å². The Morgan fingerprint density at radius 1 is 1.21 bits per heavy atom. The van der Waals surface area contributed by atoms with Gasteiger partial charge < -0.3 is 14.6 Å². The number of aryl methyl sites for hydroxylation is 1. The molecule has 5 nitrogen and oxygen atoms in total. The number of carboxylic acids is 1. The van der Waals surface area contributed by atoms with Gasteiger partial charge in [-0.15, -0.1) is 0 Å². The summed E-state index contributed by atoms with van der Waals surface area (Å²) in [6.45, 7) is 1.50. The fourth-order valence-corrected chi connectivity index (χ4v) is 3.06. The van der Waals surface area contributed by atoms with Gasteiger partial charge in [0.1, 0.15) is 12.4 Å². The Morgan fingerprint density at radius 3 is 2.50 bits per heavy atom. The minimum Gasteiger partial charge on any atom is -0.480 e. The van der Waals surface area contributed by atoms with Crippen LogP contribution in [0.2, 0.25) is 0 Å². The van der Waals surface area contributed by atoms with Crippen LogP contribution >= 0.6 is 0 Å². The van der Waals surface area contributed by atoms with Crippen LogP contribution in [0.25, 0.3) is 21.8 Å². The number of halogens is 1. The predicted octanol–water partition coefficient (Wildman–Crippen LogP) is 2.75. The van der Waals surface area contributed by atoms with Gasteiger partial charge in [0, 0.05) is 24.9 Å². The van der Waals surface area contributed by atoms with Gasteiger partial charge in [-0.05, 0) is 36.8 Å². The highest BCUT2D eigenvalue weighted by molar-refractivity contribution is 6.00. The molecule has 0 bridgehead atoms. The largest absolute Gasteiger partial charge is 0.480 e. The van der Waals surface area contributed by atoms with E-state index in [1.807, 2.05) is 6.92 Å². The van der Waals surface area contributed by atoms with Gasteiger partial charge in [-0.1, -0.05) is 6.07 Å². The Bertz CT molecular complexity index is 1040. The summed E-state index contributed by atoms with van der Waals surface area (Å²) >= 11 is 0. The number of aliphatic carboxylic acids is 1. The van der Waals surface area contributed by atoms with E-state index in [0.29, 0.717) is 21.8 Å². The lowest BCUT2D eigenvalue weighted by Gasteiger charge is -2.21. The van der Waals surface area contributed by atoms with E-state index in [-0.39, 0.29) is 17.7 Å². The number of nitrogens with zero attached hydrogens (tertiary/aromatic N) is 2. The Kier molecular flexibility index (Phi) is 3.75. The smallest absolute Gasteiger partial charge is 0.323 e. The average molecular weight is 328 g/mol. The second-order valence-electron chi connectivity index (χ2n) is 6.02. The van der Waals surface area contributed by atoms with E-state index in [1.54, 1.807) is 37.2 Å². The molecular formula is C18H17FN2O3. The predicted molar refractivity (Wildman–Crippen MR) is 92.4 cm³/mol. The number of fused-ring (bicyclic) bond motifs is 2. The van der Waals surface area contributed by atoms with Gasteiger partial charge in [0.15, 0.2) is 5.43 Å². The van der Waals surface area contributed by atoms with E-state index in [9.17, 15) is 19.1 Å². The summed E-state index contributed by atoms with van der Waals surface area (Å²) in [4.78, 5) is 25.8. The molecule has 0 atom stereocenters. The zero-order valence-electron chi connectivity index (χ0n) is 13.6. The molecular weight excluding hydrogens is 311 g/mol. The molecule has 24 heavy (non-hydrogen) atoms. The second kappa shape index (κ2) is 5.63. The molecule has 1 N–H and O–H groups in total. The molecule has 0 aliphatic rings. The lowest BCUT2D eigenvalue weighted by Crippen LogP contribution is -2.20. The number of rotatable bonds is 3. The fraction of sp³-hybridized carbons (Fsp3) is 0.222. The van der Waals surface area contributed by atoms with Crippen LogP contribution in [-0.2, 0) is 11.3 Å². The standard InChI is InChI=1S/C18H17FN2O3/c1-10-4-5-11-14(8-10)21(9-15(22)23)16-12(18(11)24)6-7-13(19)17(16)20(2)3/h4-8H,9H2,1-3H3,(H,22,23). The Balaban J connectivity index is 2.65. The van der Waals surface area contributed by atoms with Crippen LogP contribution < -0.4 is 10.3 Å². The molecule has 3 rings (SSSR count). The normalized spacial score (nSPS) is 11.2. The van der Waals surface area contributed by atoms with Crippen LogP contribution in [0.15, 0.2) is 35.1 Å². The van der Waals surface area contributed by atoms with Gasteiger partial charge in [-0.25, -0.2) is 4.39 Å². The average Bonchev–Trinajstić information content (AvgIpc) is 2.50. The SMILES string of the molecule is Cc1ccc2c(=O)c3ccc(F)c(N(C)C)c3n(CC(=O)O)c2c1. The molecule has 6 heteroatoms. The monoisotopic (exact) mass is 328 g/mol. The number of carbonyl (C=O) groups is 1. The molecule has 0 aliphatic carbocycles. The topological polar surface area (TPSA) is 62.5 Å². The summed E-state index contributed by atoms with van der Waals surface area (Å²) < 4.78 is 15.9. The number of hydrogen-bond donors (Lipinski definition) is 1. The lowest BCUT2D eigenvalue weighted by atomic mass is 10.1. The molecule has 0 radical (unpaired) electrons. The van der Waals surface area contributed by atoms with E-state index < -0.39 is 11.8 Å². The minimum atomic E-state index is -1.06. The van der Waals surface area contributed by atoms with Crippen molar-refractivity contribution in [3.05, 3.63) is 51.9 Å². The summed E-state index contributed by atoms with van der Waals surface area (Å²) in [5.41, 5.74) is 1.65. The number of pyridine rings is 1. The quantitative estimate of drug-likeness (QED) is 0.751. The van der Waals surface area contributed by atoms with Crippen molar-refractivity contribution in [1.29, 1.82) is 0 Å². The van der Waals surface area contributed by atoms with Crippen molar-refractivity contribution in [2.75, 3.05) is 19.0 Å². The summed E-state index contributed by atoms with van der Waals surface area (Å²) in [7, 11) is 3.32. The third-order valence-electron chi connectivity index (χ3n) is 4.05. The molecule has 0 fully saturated rings. The first-order valence-corrected chi connectivity index (χ1v) is 7.45. The number of anilines is 1. The Morgan fingerprint density at radius 2 is 1.88 bits per heavy atom. The first-order valence-electron chi connectivity index (χ1n) is 7.45. The molecule has 0 saturated carbocycles. The highest BCUT2D eigenvalue weighted by atomic mass is 19.1.